The van der Waals surface area contributed by atoms with Crippen LogP contribution in [0.5, 0.6) is 0 Å². The molecule has 13 heavy (non-hydrogen) atoms. The monoisotopic (exact) mass is 241 g/mol. The van der Waals surface area contributed by atoms with Gasteiger partial charge in [-0.05, 0) is 12.8 Å². The van der Waals surface area contributed by atoms with Crippen LogP contribution in [0.15, 0.2) is 18.6 Å². The summed E-state index contributed by atoms with van der Waals surface area (Å²) >= 11 is 3.45. The third-order valence-electron chi connectivity index (χ3n) is 2.16. The van der Waals surface area contributed by atoms with Crippen LogP contribution >= 0.6 is 15.9 Å². The Morgan fingerprint density at radius 2 is 2.31 bits per heavy atom. The summed E-state index contributed by atoms with van der Waals surface area (Å²) in [6.45, 7) is 1.02. The molecular weight excluding hydrogens is 230 g/mol. The van der Waals surface area contributed by atoms with Crippen molar-refractivity contribution in [2.75, 3.05) is 16.8 Å². The van der Waals surface area contributed by atoms with Crippen molar-refractivity contribution < 1.29 is 0 Å². The molecular formula is C9H12BrN3. The molecule has 4 heteroatoms. The fourth-order valence-corrected chi connectivity index (χ4v) is 1.78. The van der Waals surface area contributed by atoms with E-state index in [2.05, 4.69) is 30.8 Å². The van der Waals surface area contributed by atoms with E-state index in [1.54, 1.807) is 12.4 Å². The summed E-state index contributed by atoms with van der Waals surface area (Å²) in [7, 11) is 0. The van der Waals surface area contributed by atoms with Gasteiger partial charge in [-0.2, -0.15) is 0 Å². The van der Waals surface area contributed by atoms with Crippen molar-refractivity contribution in [3.05, 3.63) is 18.6 Å². The molecule has 1 saturated carbocycles. The Hall–Kier alpha value is -0.640. The van der Waals surface area contributed by atoms with Crippen molar-refractivity contribution in [1.82, 2.24) is 9.97 Å². The first kappa shape index (κ1) is 8.94. The fraction of sp³-hybridized carbons (Fsp3) is 0.556. The van der Waals surface area contributed by atoms with Crippen molar-refractivity contribution >= 4 is 21.7 Å². The topological polar surface area (TPSA) is 29.0 Å². The van der Waals surface area contributed by atoms with E-state index in [9.17, 15) is 0 Å². The summed E-state index contributed by atoms with van der Waals surface area (Å²) in [6.07, 6.45) is 7.88. The summed E-state index contributed by atoms with van der Waals surface area (Å²) in [6, 6.07) is 0.703. The van der Waals surface area contributed by atoms with E-state index < -0.39 is 0 Å². The molecule has 0 N–H and O–H groups in total. The van der Waals surface area contributed by atoms with Crippen LogP contribution in [-0.4, -0.2) is 27.9 Å². The Labute approximate surface area is 86.3 Å². The number of alkyl halides is 1. The molecule has 1 aromatic heterocycles. The average Bonchev–Trinajstić information content (AvgIpc) is 2.99. The van der Waals surface area contributed by atoms with Gasteiger partial charge in [0.15, 0.2) is 0 Å². The third kappa shape index (κ3) is 2.18. The van der Waals surface area contributed by atoms with Gasteiger partial charge in [0.2, 0.25) is 0 Å². The number of hydrogen-bond donors (Lipinski definition) is 0. The van der Waals surface area contributed by atoms with Crippen molar-refractivity contribution in [3.63, 3.8) is 0 Å². The maximum Gasteiger partial charge on any atom is 0.147 e. The van der Waals surface area contributed by atoms with Gasteiger partial charge < -0.3 is 4.90 Å². The minimum absolute atomic E-state index is 0.703. The van der Waals surface area contributed by atoms with Crippen molar-refractivity contribution in [1.29, 1.82) is 0 Å². The van der Waals surface area contributed by atoms with Gasteiger partial charge in [0, 0.05) is 30.3 Å². The summed E-state index contributed by atoms with van der Waals surface area (Å²) in [4.78, 5) is 10.7. The molecule has 0 aliphatic heterocycles. The zero-order valence-electron chi connectivity index (χ0n) is 7.36. The largest absolute Gasteiger partial charge is 0.352 e. The molecule has 0 unspecified atom stereocenters. The molecule has 1 heterocycles. The Balaban J connectivity index is 2.10. The summed E-state index contributed by atoms with van der Waals surface area (Å²) in [5.41, 5.74) is 0. The van der Waals surface area contributed by atoms with Crippen molar-refractivity contribution in [3.8, 4) is 0 Å². The van der Waals surface area contributed by atoms with Crippen molar-refractivity contribution in [2.24, 2.45) is 0 Å². The first-order valence-corrected chi connectivity index (χ1v) is 5.62. The molecule has 1 aliphatic carbocycles. The third-order valence-corrected chi connectivity index (χ3v) is 2.51. The lowest BCUT2D eigenvalue weighted by atomic mass is 10.4. The summed E-state index contributed by atoms with van der Waals surface area (Å²) < 4.78 is 0. The second kappa shape index (κ2) is 4.05. The number of halogens is 1. The molecule has 0 radical (unpaired) electrons. The predicted octanol–water partition coefficient (Wildman–Crippen LogP) is 1.84. The lowest BCUT2D eigenvalue weighted by Crippen LogP contribution is -2.28. The van der Waals surface area contributed by atoms with E-state index in [4.69, 9.17) is 0 Å². The zero-order chi connectivity index (χ0) is 9.10. The molecule has 0 atom stereocenters. The van der Waals surface area contributed by atoms with Gasteiger partial charge in [-0.15, -0.1) is 0 Å². The summed E-state index contributed by atoms with van der Waals surface area (Å²) in [5, 5.41) is 0.986. The van der Waals surface area contributed by atoms with Gasteiger partial charge in [-0.25, -0.2) is 4.98 Å². The molecule has 2 rings (SSSR count). The van der Waals surface area contributed by atoms with Gasteiger partial charge in [-0.1, -0.05) is 15.9 Å². The van der Waals surface area contributed by atoms with E-state index in [1.165, 1.54) is 12.8 Å². The van der Waals surface area contributed by atoms with Gasteiger partial charge in [0.05, 0.1) is 6.20 Å². The van der Waals surface area contributed by atoms with Gasteiger partial charge >= 0.3 is 0 Å². The SMILES string of the molecule is BrCCN(c1cnccn1)C1CC1. The fourth-order valence-electron chi connectivity index (χ4n) is 1.40. The van der Waals surface area contributed by atoms with Crippen LogP contribution in [0.3, 0.4) is 0 Å². The van der Waals surface area contributed by atoms with Crippen LogP contribution in [0.1, 0.15) is 12.8 Å². The normalized spacial score (nSPS) is 15.8. The molecule has 0 spiro atoms. The Bertz CT molecular complexity index is 261. The molecule has 0 saturated heterocycles. The lowest BCUT2D eigenvalue weighted by molar-refractivity contribution is 0.811. The second-order valence-electron chi connectivity index (χ2n) is 3.18. The number of hydrogen-bond acceptors (Lipinski definition) is 3. The smallest absolute Gasteiger partial charge is 0.147 e. The van der Waals surface area contributed by atoms with E-state index in [1.807, 2.05) is 6.20 Å². The summed E-state index contributed by atoms with van der Waals surface area (Å²) in [5.74, 6) is 1.00. The highest BCUT2D eigenvalue weighted by Gasteiger charge is 2.29. The van der Waals surface area contributed by atoms with E-state index in [-0.39, 0.29) is 0 Å². The second-order valence-corrected chi connectivity index (χ2v) is 3.97. The van der Waals surface area contributed by atoms with Crippen LogP contribution < -0.4 is 4.90 Å². The Morgan fingerprint density at radius 3 is 2.85 bits per heavy atom. The van der Waals surface area contributed by atoms with Gasteiger partial charge in [-0.3, -0.25) is 4.98 Å². The molecule has 0 aromatic carbocycles. The average molecular weight is 242 g/mol. The van der Waals surface area contributed by atoms with E-state index in [0.29, 0.717) is 6.04 Å². The standard InChI is InChI=1S/C9H12BrN3/c10-3-6-13(8-1-2-8)9-7-11-4-5-12-9/h4-5,7-8H,1-3,6H2. The quantitative estimate of drug-likeness (QED) is 0.754. The minimum Gasteiger partial charge on any atom is -0.352 e. The number of nitrogens with zero attached hydrogens (tertiary/aromatic N) is 3. The molecule has 3 nitrogen and oxygen atoms in total. The van der Waals surface area contributed by atoms with Crippen LogP contribution in [0.2, 0.25) is 0 Å². The number of aromatic nitrogens is 2. The highest BCUT2D eigenvalue weighted by molar-refractivity contribution is 9.09. The van der Waals surface area contributed by atoms with Gasteiger partial charge in [0.1, 0.15) is 5.82 Å². The first-order chi connectivity index (χ1) is 6.42. The van der Waals surface area contributed by atoms with Gasteiger partial charge in [0.25, 0.3) is 0 Å². The Kier molecular flexibility index (Phi) is 2.78. The molecule has 1 aromatic rings. The van der Waals surface area contributed by atoms with E-state index >= 15 is 0 Å². The highest BCUT2D eigenvalue weighted by atomic mass is 79.9. The molecule has 0 amide bonds. The Morgan fingerprint density at radius 1 is 1.46 bits per heavy atom. The first-order valence-electron chi connectivity index (χ1n) is 4.50. The van der Waals surface area contributed by atoms with Crippen LogP contribution in [-0.2, 0) is 0 Å². The predicted molar refractivity (Wildman–Crippen MR) is 56.2 cm³/mol. The van der Waals surface area contributed by atoms with Crippen molar-refractivity contribution in [2.45, 2.75) is 18.9 Å². The minimum atomic E-state index is 0.703. The number of rotatable bonds is 4. The zero-order valence-corrected chi connectivity index (χ0v) is 8.94. The molecule has 70 valence electrons. The van der Waals surface area contributed by atoms with Crippen LogP contribution in [0, 0.1) is 0 Å². The van der Waals surface area contributed by atoms with Crippen LogP contribution in [0.25, 0.3) is 0 Å². The van der Waals surface area contributed by atoms with E-state index in [0.717, 1.165) is 17.7 Å². The molecule has 0 bridgehead atoms. The maximum atomic E-state index is 4.30. The maximum absolute atomic E-state index is 4.30. The highest BCUT2D eigenvalue weighted by Crippen LogP contribution is 2.29. The molecule has 1 fully saturated rings. The number of anilines is 1. The van der Waals surface area contributed by atoms with Crippen LogP contribution in [0.4, 0.5) is 5.82 Å². The molecule has 1 aliphatic rings. The lowest BCUT2D eigenvalue weighted by Gasteiger charge is -2.21.